The van der Waals surface area contributed by atoms with Crippen molar-refractivity contribution in [2.45, 2.75) is 32.7 Å². The van der Waals surface area contributed by atoms with Crippen molar-refractivity contribution in [3.05, 3.63) is 5.89 Å². The third-order valence-electron chi connectivity index (χ3n) is 2.69. The highest BCUT2D eigenvalue weighted by Crippen LogP contribution is 2.13. The molecule has 0 aliphatic carbocycles. The van der Waals surface area contributed by atoms with Crippen molar-refractivity contribution in [1.82, 2.24) is 15.1 Å². The van der Waals surface area contributed by atoms with Gasteiger partial charge in [-0.25, -0.2) is 0 Å². The molecule has 1 aromatic heterocycles. The first-order valence-corrected chi connectivity index (χ1v) is 6.44. The summed E-state index contributed by atoms with van der Waals surface area (Å²) >= 11 is 0. The molecule has 1 fully saturated rings. The predicted molar refractivity (Wildman–Crippen MR) is 68.6 cm³/mol. The molecule has 18 heavy (non-hydrogen) atoms. The average molecular weight is 254 g/mol. The standard InChI is InChI=1S/C12H22N4O2/c1-12(2,3)13-11-15-14-10(18-11)4-5-16-6-8-17-9-7-16/h4-9H2,1-3H3,(H,13,15). The Bertz CT molecular complexity index is 366. The highest BCUT2D eigenvalue weighted by molar-refractivity contribution is 5.21. The van der Waals surface area contributed by atoms with E-state index in [1.165, 1.54) is 0 Å². The van der Waals surface area contributed by atoms with Gasteiger partial charge >= 0.3 is 6.01 Å². The van der Waals surface area contributed by atoms with Crippen LogP contribution in [0.5, 0.6) is 0 Å². The molecule has 0 amide bonds. The minimum Gasteiger partial charge on any atom is -0.408 e. The molecule has 0 unspecified atom stereocenters. The quantitative estimate of drug-likeness (QED) is 0.869. The van der Waals surface area contributed by atoms with Crippen molar-refractivity contribution >= 4 is 6.01 Å². The molecule has 2 heterocycles. The normalized spacial score (nSPS) is 17.9. The molecule has 0 spiro atoms. The fraction of sp³-hybridized carbons (Fsp3) is 0.833. The van der Waals surface area contributed by atoms with Gasteiger partial charge in [0.25, 0.3) is 0 Å². The van der Waals surface area contributed by atoms with Crippen LogP contribution < -0.4 is 5.32 Å². The summed E-state index contributed by atoms with van der Waals surface area (Å²) in [6.45, 7) is 10.7. The zero-order valence-electron chi connectivity index (χ0n) is 11.4. The second-order valence-electron chi connectivity index (χ2n) is 5.58. The number of nitrogens with zero attached hydrogens (tertiary/aromatic N) is 3. The van der Waals surface area contributed by atoms with Crippen LogP contribution in [0.4, 0.5) is 6.01 Å². The largest absolute Gasteiger partial charge is 0.408 e. The maximum atomic E-state index is 5.56. The second kappa shape index (κ2) is 5.67. The molecule has 0 radical (unpaired) electrons. The highest BCUT2D eigenvalue weighted by atomic mass is 16.5. The molecular weight excluding hydrogens is 232 g/mol. The van der Waals surface area contributed by atoms with Gasteiger partial charge in [0.15, 0.2) is 0 Å². The summed E-state index contributed by atoms with van der Waals surface area (Å²) in [6.07, 6.45) is 0.790. The van der Waals surface area contributed by atoms with Crippen molar-refractivity contribution < 1.29 is 9.15 Å². The first-order chi connectivity index (χ1) is 8.53. The fourth-order valence-electron chi connectivity index (χ4n) is 1.80. The number of hydrogen-bond acceptors (Lipinski definition) is 6. The maximum Gasteiger partial charge on any atom is 0.315 e. The summed E-state index contributed by atoms with van der Waals surface area (Å²) in [6, 6.07) is 0.500. The van der Waals surface area contributed by atoms with Gasteiger partial charge in [-0.2, -0.15) is 0 Å². The Hall–Kier alpha value is -1.14. The summed E-state index contributed by atoms with van der Waals surface area (Å²) in [5.74, 6) is 0.688. The highest BCUT2D eigenvalue weighted by Gasteiger charge is 2.15. The summed E-state index contributed by atoms with van der Waals surface area (Å²) in [7, 11) is 0. The first-order valence-electron chi connectivity index (χ1n) is 6.44. The Morgan fingerprint density at radius 1 is 1.22 bits per heavy atom. The van der Waals surface area contributed by atoms with Crippen LogP contribution in [-0.4, -0.2) is 53.5 Å². The van der Waals surface area contributed by atoms with E-state index in [0.717, 1.165) is 39.3 Å². The summed E-state index contributed by atoms with van der Waals surface area (Å²) in [5.41, 5.74) is -0.0615. The zero-order chi connectivity index (χ0) is 13.0. The number of morpholine rings is 1. The minimum absolute atomic E-state index is 0.0615. The molecule has 0 aromatic carbocycles. The minimum atomic E-state index is -0.0615. The van der Waals surface area contributed by atoms with E-state index in [1.54, 1.807) is 0 Å². The molecule has 1 aromatic rings. The lowest BCUT2D eigenvalue weighted by Crippen LogP contribution is -2.37. The van der Waals surface area contributed by atoms with Gasteiger partial charge in [-0.05, 0) is 20.8 Å². The fourth-order valence-corrected chi connectivity index (χ4v) is 1.80. The number of anilines is 1. The molecule has 0 saturated carbocycles. The smallest absolute Gasteiger partial charge is 0.315 e. The monoisotopic (exact) mass is 254 g/mol. The Morgan fingerprint density at radius 2 is 1.94 bits per heavy atom. The molecule has 102 valence electrons. The van der Waals surface area contributed by atoms with Crippen molar-refractivity contribution in [3.63, 3.8) is 0 Å². The van der Waals surface area contributed by atoms with Crippen LogP contribution in [0.15, 0.2) is 4.42 Å². The Labute approximate surface area is 108 Å². The average Bonchev–Trinajstić information content (AvgIpc) is 2.73. The number of nitrogens with one attached hydrogen (secondary N) is 1. The van der Waals surface area contributed by atoms with Gasteiger partial charge in [-0.1, -0.05) is 5.10 Å². The van der Waals surface area contributed by atoms with E-state index in [2.05, 4.69) is 41.2 Å². The number of ether oxygens (including phenoxy) is 1. The van der Waals surface area contributed by atoms with E-state index in [9.17, 15) is 0 Å². The van der Waals surface area contributed by atoms with Crippen LogP contribution in [0.2, 0.25) is 0 Å². The van der Waals surface area contributed by atoms with Gasteiger partial charge in [0.1, 0.15) is 0 Å². The van der Waals surface area contributed by atoms with Gasteiger partial charge in [-0.15, -0.1) is 5.10 Å². The third-order valence-corrected chi connectivity index (χ3v) is 2.69. The summed E-state index contributed by atoms with van der Waals surface area (Å²) in [5, 5.41) is 11.2. The molecule has 6 heteroatoms. The summed E-state index contributed by atoms with van der Waals surface area (Å²) in [4.78, 5) is 2.35. The van der Waals surface area contributed by atoms with Gasteiger partial charge in [0.2, 0.25) is 5.89 Å². The Kier molecular flexibility index (Phi) is 4.19. The Morgan fingerprint density at radius 3 is 2.61 bits per heavy atom. The Balaban J connectivity index is 1.79. The lowest BCUT2D eigenvalue weighted by molar-refractivity contribution is 0.0377. The van der Waals surface area contributed by atoms with Crippen LogP contribution in [0.1, 0.15) is 26.7 Å². The van der Waals surface area contributed by atoms with Crippen molar-refractivity contribution in [2.75, 3.05) is 38.2 Å². The van der Waals surface area contributed by atoms with Gasteiger partial charge in [0, 0.05) is 31.6 Å². The molecule has 0 atom stereocenters. The van der Waals surface area contributed by atoms with Gasteiger partial charge in [0.05, 0.1) is 13.2 Å². The molecule has 2 rings (SSSR count). The van der Waals surface area contributed by atoms with Crippen molar-refractivity contribution in [3.8, 4) is 0 Å². The number of hydrogen-bond donors (Lipinski definition) is 1. The molecule has 6 nitrogen and oxygen atoms in total. The maximum absolute atomic E-state index is 5.56. The van der Waals surface area contributed by atoms with Crippen LogP contribution >= 0.6 is 0 Å². The van der Waals surface area contributed by atoms with Crippen LogP contribution in [0.25, 0.3) is 0 Å². The van der Waals surface area contributed by atoms with E-state index in [-0.39, 0.29) is 5.54 Å². The van der Waals surface area contributed by atoms with Crippen molar-refractivity contribution in [1.29, 1.82) is 0 Å². The molecule has 0 bridgehead atoms. The predicted octanol–water partition coefficient (Wildman–Crippen LogP) is 1.15. The van der Waals surface area contributed by atoms with E-state index in [4.69, 9.17) is 9.15 Å². The second-order valence-corrected chi connectivity index (χ2v) is 5.58. The van der Waals surface area contributed by atoms with E-state index in [0.29, 0.717) is 11.9 Å². The van der Waals surface area contributed by atoms with Crippen molar-refractivity contribution in [2.24, 2.45) is 0 Å². The van der Waals surface area contributed by atoms with E-state index >= 15 is 0 Å². The SMILES string of the molecule is CC(C)(C)Nc1nnc(CCN2CCOCC2)o1. The molecule has 1 aliphatic heterocycles. The molecule has 1 N–H and O–H groups in total. The molecule has 1 aliphatic rings. The summed E-state index contributed by atoms with van der Waals surface area (Å²) < 4.78 is 10.9. The third kappa shape index (κ3) is 4.27. The van der Waals surface area contributed by atoms with Crippen LogP contribution in [0.3, 0.4) is 0 Å². The van der Waals surface area contributed by atoms with Crippen LogP contribution in [-0.2, 0) is 11.2 Å². The lowest BCUT2D eigenvalue weighted by Gasteiger charge is -2.25. The van der Waals surface area contributed by atoms with Crippen LogP contribution in [0, 0.1) is 0 Å². The van der Waals surface area contributed by atoms with E-state index < -0.39 is 0 Å². The lowest BCUT2D eigenvalue weighted by atomic mass is 10.1. The topological polar surface area (TPSA) is 63.4 Å². The number of aromatic nitrogens is 2. The number of rotatable bonds is 4. The van der Waals surface area contributed by atoms with E-state index in [1.807, 2.05) is 0 Å². The molecular formula is C12H22N4O2. The van der Waals surface area contributed by atoms with Gasteiger partial charge in [-0.3, -0.25) is 4.90 Å². The first kappa shape index (κ1) is 13.3. The molecule has 1 saturated heterocycles. The van der Waals surface area contributed by atoms with Gasteiger partial charge < -0.3 is 14.5 Å². The zero-order valence-corrected chi connectivity index (χ0v) is 11.4.